The van der Waals surface area contributed by atoms with Crippen LogP contribution in [0.4, 0.5) is 4.39 Å². The molecule has 0 aliphatic rings. The quantitative estimate of drug-likeness (QED) is 0.844. The maximum absolute atomic E-state index is 13.2. The summed E-state index contributed by atoms with van der Waals surface area (Å²) in [5.74, 6) is -0.429. The largest absolute Gasteiger partial charge is 0.459 e. The van der Waals surface area contributed by atoms with Gasteiger partial charge in [-0.1, -0.05) is 19.1 Å². The molecule has 0 atom stereocenters. The zero-order chi connectivity index (χ0) is 13.7. The van der Waals surface area contributed by atoms with Crippen LogP contribution in [0.5, 0.6) is 6.01 Å². The molecule has 2 aromatic rings. The number of benzene rings is 1. The fraction of sp³-hybridized carbons (Fsp3) is 0.214. The Balaban J connectivity index is 2.08. The predicted molar refractivity (Wildman–Crippen MR) is 66.9 cm³/mol. The first-order valence-corrected chi connectivity index (χ1v) is 5.86. The summed E-state index contributed by atoms with van der Waals surface area (Å²) >= 11 is 0. The molecule has 4 nitrogen and oxygen atoms in total. The highest BCUT2D eigenvalue weighted by Crippen LogP contribution is 2.11. The number of nitrogens with zero attached hydrogens (tertiary/aromatic N) is 3. The molecule has 96 valence electrons. The third-order valence-corrected chi connectivity index (χ3v) is 2.55. The molecule has 0 aliphatic carbocycles. The summed E-state index contributed by atoms with van der Waals surface area (Å²) in [7, 11) is 0. The lowest BCUT2D eigenvalue weighted by Crippen LogP contribution is -2.03. The van der Waals surface area contributed by atoms with Crippen LogP contribution in [-0.4, -0.2) is 9.97 Å². The molecule has 0 saturated carbocycles. The Labute approximate surface area is 110 Å². The van der Waals surface area contributed by atoms with Crippen molar-refractivity contribution in [1.82, 2.24) is 9.97 Å². The van der Waals surface area contributed by atoms with Gasteiger partial charge in [0.25, 0.3) is 0 Å². The van der Waals surface area contributed by atoms with Crippen LogP contribution in [0.15, 0.2) is 30.5 Å². The molecule has 1 aromatic carbocycles. The van der Waals surface area contributed by atoms with Gasteiger partial charge in [0.15, 0.2) is 5.82 Å². The molecule has 0 spiro atoms. The minimum atomic E-state index is -0.429. The molecule has 0 N–H and O–H groups in total. The summed E-state index contributed by atoms with van der Waals surface area (Å²) < 4.78 is 18.6. The van der Waals surface area contributed by atoms with Crippen molar-refractivity contribution in [3.05, 3.63) is 53.1 Å². The van der Waals surface area contributed by atoms with Gasteiger partial charge in [-0.05, 0) is 24.1 Å². The molecule has 0 saturated heterocycles. The van der Waals surface area contributed by atoms with Gasteiger partial charge in [0.05, 0.1) is 23.5 Å². The van der Waals surface area contributed by atoms with E-state index < -0.39 is 5.82 Å². The molecule has 1 heterocycles. The summed E-state index contributed by atoms with van der Waals surface area (Å²) in [4.78, 5) is 7.75. The first-order valence-electron chi connectivity index (χ1n) is 5.86. The Morgan fingerprint density at radius 3 is 3.00 bits per heavy atom. The Kier molecular flexibility index (Phi) is 4.04. The Morgan fingerprint density at radius 1 is 1.42 bits per heavy atom. The highest BCUT2D eigenvalue weighted by atomic mass is 19.1. The second kappa shape index (κ2) is 5.91. The van der Waals surface area contributed by atoms with Crippen molar-refractivity contribution >= 4 is 0 Å². The summed E-state index contributed by atoms with van der Waals surface area (Å²) in [6, 6.07) is 9.25. The number of hydrogen-bond donors (Lipinski definition) is 0. The first-order chi connectivity index (χ1) is 9.22. The van der Waals surface area contributed by atoms with E-state index in [1.54, 1.807) is 18.2 Å². The summed E-state index contributed by atoms with van der Waals surface area (Å²) in [6.45, 7) is 2.05. The normalized spacial score (nSPS) is 9.95. The number of halogens is 1. The third kappa shape index (κ3) is 3.26. The van der Waals surface area contributed by atoms with Gasteiger partial charge in [-0.25, -0.2) is 9.37 Å². The van der Waals surface area contributed by atoms with Crippen LogP contribution in [-0.2, 0) is 13.0 Å². The Hall–Kier alpha value is -2.48. The van der Waals surface area contributed by atoms with Gasteiger partial charge >= 0.3 is 6.01 Å². The highest BCUT2D eigenvalue weighted by molar-refractivity contribution is 5.32. The van der Waals surface area contributed by atoms with Gasteiger partial charge < -0.3 is 4.74 Å². The molecule has 5 heteroatoms. The minimum Gasteiger partial charge on any atom is -0.459 e. The number of ether oxygens (including phenoxy) is 1. The lowest BCUT2D eigenvalue weighted by molar-refractivity contribution is 0.278. The van der Waals surface area contributed by atoms with Crippen molar-refractivity contribution in [2.24, 2.45) is 0 Å². The number of rotatable bonds is 4. The van der Waals surface area contributed by atoms with Gasteiger partial charge in [-0.15, -0.1) is 0 Å². The van der Waals surface area contributed by atoms with E-state index in [4.69, 9.17) is 10.00 Å². The SMILES string of the molecule is CCc1nc(OCc2cccc(C#N)c2)ncc1F. The zero-order valence-corrected chi connectivity index (χ0v) is 10.4. The number of aryl methyl sites for hydroxylation is 1. The fourth-order valence-electron chi connectivity index (χ4n) is 1.58. The molecule has 1 aromatic heterocycles. The van der Waals surface area contributed by atoms with E-state index in [1.165, 1.54) is 0 Å². The van der Waals surface area contributed by atoms with Gasteiger partial charge in [0, 0.05) is 0 Å². The van der Waals surface area contributed by atoms with E-state index in [1.807, 2.05) is 13.0 Å². The lowest BCUT2D eigenvalue weighted by Gasteiger charge is -2.06. The van der Waals surface area contributed by atoms with Crippen molar-refractivity contribution < 1.29 is 9.13 Å². The summed E-state index contributed by atoms with van der Waals surface area (Å²) in [6.07, 6.45) is 1.58. The topological polar surface area (TPSA) is 58.8 Å². The highest BCUT2D eigenvalue weighted by Gasteiger charge is 2.06. The second-order valence-corrected chi connectivity index (χ2v) is 3.90. The minimum absolute atomic E-state index is 0.139. The average molecular weight is 257 g/mol. The molecule has 0 fully saturated rings. The number of hydrogen-bond acceptors (Lipinski definition) is 4. The number of nitriles is 1. The Morgan fingerprint density at radius 2 is 2.26 bits per heavy atom. The van der Waals surface area contributed by atoms with E-state index >= 15 is 0 Å². The van der Waals surface area contributed by atoms with Gasteiger partial charge in [-0.3, -0.25) is 0 Å². The molecule has 19 heavy (non-hydrogen) atoms. The van der Waals surface area contributed by atoms with Crippen molar-refractivity contribution in [1.29, 1.82) is 5.26 Å². The molecule has 2 rings (SSSR count). The van der Waals surface area contributed by atoms with Crippen LogP contribution in [0.25, 0.3) is 0 Å². The maximum Gasteiger partial charge on any atom is 0.317 e. The summed E-state index contributed by atoms with van der Waals surface area (Å²) in [5, 5.41) is 8.79. The molecular formula is C14H12FN3O. The lowest BCUT2D eigenvalue weighted by atomic mass is 10.1. The van der Waals surface area contributed by atoms with E-state index in [9.17, 15) is 4.39 Å². The average Bonchev–Trinajstić information content (AvgIpc) is 2.46. The molecule has 0 amide bonds. The van der Waals surface area contributed by atoms with Gasteiger partial charge in [0.1, 0.15) is 6.61 Å². The smallest absolute Gasteiger partial charge is 0.317 e. The standard InChI is InChI=1S/C14H12FN3O/c1-2-13-12(15)8-17-14(18-13)19-9-11-5-3-4-10(6-11)7-16/h3-6,8H,2,9H2,1H3. The predicted octanol–water partition coefficient (Wildman–Crippen LogP) is 2.63. The van der Waals surface area contributed by atoms with Crippen LogP contribution in [0, 0.1) is 17.1 Å². The van der Waals surface area contributed by atoms with Gasteiger partial charge in [-0.2, -0.15) is 10.2 Å². The van der Waals surface area contributed by atoms with Crippen LogP contribution in [0.3, 0.4) is 0 Å². The monoisotopic (exact) mass is 257 g/mol. The van der Waals surface area contributed by atoms with Crippen molar-refractivity contribution in [3.63, 3.8) is 0 Å². The Bertz CT molecular complexity index is 622. The summed E-state index contributed by atoms with van der Waals surface area (Å²) in [5.41, 5.74) is 1.73. The fourth-order valence-corrected chi connectivity index (χ4v) is 1.58. The number of aromatic nitrogens is 2. The third-order valence-electron chi connectivity index (χ3n) is 2.55. The first kappa shape index (κ1) is 13.0. The second-order valence-electron chi connectivity index (χ2n) is 3.90. The van der Waals surface area contributed by atoms with Crippen molar-refractivity contribution in [2.45, 2.75) is 20.0 Å². The van der Waals surface area contributed by atoms with Crippen LogP contribution >= 0.6 is 0 Å². The molecule has 0 unspecified atom stereocenters. The molecule has 0 bridgehead atoms. The van der Waals surface area contributed by atoms with E-state index in [0.29, 0.717) is 17.7 Å². The molecule has 0 radical (unpaired) electrons. The molecule has 0 aliphatic heterocycles. The van der Waals surface area contributed by atoms with Gasteiger partial charge in [0.2, 0.25) is 0 Å². The van der Waals surface area contributed by atoms with E-state index in [2.05, 4.69) is 16.0 Å². The van der Waals surface area contributed by atoms with Crippen LogP contribution in [0.2, 0.25) is 0 Å². The van der Waals surface area contributed by atoms with Crippen molar-refractivity contribution in [3.8, 4) is 12.1 Å². The van der Waals surface area contributed by atoms with Crippen molar-refractivity contribution in [2.75, 3.05) is 0 Å². The zero-order valence-electron chi connectivity index (χ0n) is 10.4. The van der Waals surface area contributed by atoms with Crippen LogP contribution < -0.4 is 4.74 Å². The van der Waals surface area contributed by atoms with E-state index in [0.717, 1.165) is 11.8 Å². The van der Waals surface area contributed by atoms with E-state index in [-0.39, 0.29) is 12.6 Å². The molecular weight excluding hydrogens is 245 g/mol. The van der Waals surface area contributed by atoms with Crippen LogP contribution in [0.1, 0.15) is 23.7 Å². The maximum atomic E-state index is 13.2.